The van der Waals surface area contributed by atoms with Crippen LogP contribution in [0.5, 0.6) is 0 Å². The van der Waals surface area contributed by atoms with Gasteiger partial charge in [0.2, 0.25) is 0 Å². The molecule has 0 aromatic rings. The monoisotopic (exact) mass is 999 g/mol. The van der Waals surface area contributed by atoms with E-state index in [9.17, 15) is 9.59 Å². The highest BCUT2D eigenvalue weighted by molar-refractivity contribution is 5.70. The molecule has 0 aliphatic carbocycles. The van der Waals surface area contributed by atoms with Gasteiger partial charge in [-0.3, -0.25) is 9.59 Å². The predicted molar refractivity (Wildman–Crippen MR) is 316 cm³/mol. The predicted octanol–water partition coefficient (Wildman–Crippen LogP) is 21.1. The lowest BCUT2D eigenvalue weighted by atomic mass is 10.1. The molecule has 0 rings (SSSR count). The highest BCUT2D eigenvalue weighted by Crippen LogP contribution is 2.14. The Hall–Kier alpha value is -3.44. The topological polar surface area (TPSA) is 61.8 Å². The van der Waals surface area contributed by atoms with Crippen LogP contribution in [0.25, 0.3) is 0 Å². The molecule has 0 N–H and O–H groups in total. The third-order valence-corrected chi connectivity index (χ3v) is 12.8. The van der Waals surface area contributed by atoms with Crippen molar-refractivity contribution in [2.24, 2.45) is 0 Å². The molecule has 0 saturated heterocycles. The third kappa shape index (κ3) is 59.1. The van der Waals surface area contributed by atoms with Crippen molar-refractivity contribution < 1.29 is 23.8 Å². The van der Waals surface area contributed by atoms with Crippen LogP contribution in [0.15, 0.2) is 109 Å². The number of allylic oxidation sites excluding steroid dienone is 18. The lowest BCUT2D eigenvalue weighted by Crippen LogP contribution is -2.30. The summed E-state index contributed by atoms with van der Waals surface area (Å²) in [4.78, 5) is 25.6. The van der Waals surface area contributed by atoms with Crippen LogP contribution < -0.4 is 0 Å². The van der Waals surface area contributed by atoms with Gasteiger partial charge in [-0.15, -0.1) is 0 Å². The first kappa shape index (κ1) is 68.6. The van der Waals surface area contributed by atoms with Gasteiger partial charge in [-0.2, -0.15) is 0 Å². The second kappa shape index (κ2) is 61.9. The van der Waals surface area contributed by atoms with E-state index in [0.29, 0.717) is 19.4 Å². The first-order valence-electron chi connectivity index (χ1n) is 30.4. The molecule has 0 aromatic carbocycles. The quantitative estimate of drug-likeness (QED) is 0.0345. The van der Waals surface area contributed by atoms with Gasteiger partial charge in [0.1, 0.15) is 6.61 Å². The third-order valence-electron chi connectivity index (χ3n) is 12.8. The van der Waals surface area contributed by atoms with Crippen molar-refractivity contribution in [3.05, 3.63) is 109 Å². The molecule has 0 aromatic heterocycles. The van der Waals surface area contributed by atoms with E-state index in [1.165, 1.54) is 135 Å². The second-order valence-electron chi connectivity index (χ2n) is 19.9. The number of carbonyl (C=O) groups is 2. The van der Waals surface area contributed by atoms with E-state index < -0.39 is 6.10 Å². The van der Waals surface area contributed by atoms with E-state index in [-0.39, 0.29) is 25.2 Å². The number of ether oxygens (including phenoxy) is 3. The van der Waals surface area contributed by atoms with Crippen molar-refractivity contribution in [3.8, 4) is 0 Å². The first-order chi connectivity index (χ1) is 35.6. The Labute approximate surface area is 446 Å². The van der Waals surface area contributed by atoms with Crippen LogP contribution >= 0.6 is 0 Å². The molecule has 0 bridgehead atoms. The van der Waals surface area contributed by atoms with Crippen LogP contribution in [-0.4, -0.2) is 37.9 Å². The minimum Gasteiger partial charge on any atom is -0.462 e. The number of carbonyl (C=O) groups excluding carboxylic acids is 2. The molecule has 0 aliphatic rings. The number of hydrogen-bond acceptors (Lipinski definition) is 5. The Bertz CT molecular complexity index is 1410. The van der Waals surface area contributed by atoms with Gasteiger partial charge >= 0.3 is 11.9 Å². The zero-order valence-corrected chi connectivity index (χ0v) is 47.4. The molecule has 0 radical (unpaired) electrons. The highest BCUT2D eigenvalue weighted by atomic mass is 16.6. The normalized spacial score (nSPS) is 13.0. The Balaban J connectivity index is 4.39. The molecular formula is C67H114O5. The number of esters is 2. The van der Waals surface area contributed by atoms with Crippen molar-refractivity contribution in [1.82, 2.24) is 0 Å². The Kier molecular flexibility index (Phi) is 58.9. The molecule has 0 aliphatic heterocycles. The van der Waals surface area contributed by atoms with Crippen LogP contribution in [0.1, 0.15) is 278 Å². The fourth-order valence-corrected chi connectivity index (χ4v) is 8.24. The van der Waals surface area contributed by atoms with E-state index in [4.69, 9.17) is 14.2 Å². The Morgan fingerprint density at radius 2 is 0.625 bits per heavy atom. The van der Waals surface area contributed by atoms with Crippen LogP contribution in [0.3, 0.4) is 0 Å². The fourth-order valence-electron chi connectivity index (χ4n) is 8.24. The molecule has 1 unspecified atom stereocenters. The van der Waals surface area contributed by atoms with E-state index in [1.54, 1.807) is 0 Å². The van der Waals surface area contributed by atoms with Crippen LogP contribution in [-0.2, 0) is 23.8 Å². The van der Waals surface area contributed by atoms with E-state index in [1.807, 2.05) is 0 Å². The largest absolute Gasteiger partial charge is 0.462 e. The van der Waals surface area contributed by atoms with Crippen LogP contribution in [0, 0.1) is 0 Å². The Morgan fingerprint density at radius 1 is 0.319 bits per heavy atom. The summed E-state index contributed by atoms with van der Waals surface area (Å²) in [7, 11) is 0. The first-order valence-corrected chi connectivity index (χ1v) is 30.4. The fraction of sp³-hybridized carbons (Fsp3) is 0.701. The average Bonchev–Trinajstić information content (AvgIpc) is 3.38. The molecule has 0 heterocycles. The van der Waals surface area contributed by atoms with E-state index in [0.717, 1.165) is 109 Å². The SMILES string of the molecule is CC/C=C\C/C=C\C/C=C\C/C=C\C/C=C\CCCCCC(=O)OCC(COCCCCCCCCCC/C=C\CCCCCCCC)OC(=O)CCCCCCCC/C=C\C/C=C\C/C=C\CCCCC. The molecule has 72 heavy (non-hydrogen) atoms. The smallest absolute Gasteiger partial charge is 0.306 e. The molecule has 0 saturated carbocycles. The van der Waals surface area contributed by atoms with Crippen LogP contribution in [0.4, 0.5) is 0 Å². The second-order valence-corrected chi connectivity index (χ2v) is 19.9. The zero-order valence-electron chi connectivity index (χ0n) is 47.4. The lowest BCUT2D eigenvalue weighted by Gasteiger charge is -2.18. The summed E-state index contributed by atoms with van der Waals surface area (Å²) in [6.07, 6.45) is 85.4. The van der Waals surface area contributed by atoms with E-state index in [2.05, 4.69) is 130 Å². The maximum atomic E-state index is 12.9. The summed E-state index contributed by atoms with van der Waals surface area (Å²) in [6.45, 7) is 7.64. The molecule has 0 spiro atoms. The van der Waals surface area contributed by atoms with Crippen molar-refractivity contribution in [2.75, 3.05) is 19.8 Å². The van der Waals surface area contributed by atoms with Gasteiger partial charge in [0.25, 0.3) is 0 Å². The summed E-state index contributed by atoms with van der Waals surface area (Å²) >= 11 is 0. The van der Waals surface area contributed by atoms with Crippen molar-refractivity contribution in [1.29, 1.82) is 0 Å². The van der Waals surface area contributed by atoms with Crippen molar-refractivity contribution in [2.45, 2.75) is 284 Å². The van der Waals surface area contributed by atoms with Crippen molar-refractivity contribution in [3.63, 3.8) is 0 Å². The van der Waals surface area contributed by atoms with Gasteiger partial charge in [0, 0.05) is 19.4 Å². The minimum atomic E-state index is -0.567. The van der Waals surface area contributed by atoms with E-state index >= 15 is 0 Å². The number of rotatable bonds is 55. The summed E-state index contributed by atoms with van der Waals surface area (Å²) in [5.74, 6) is -0.448. The Morgan fingerprint density at radius 3 is 1.06 bits per heavy atom. The maximum Gasteiger partial charge on any atom is 0.306 e. The van der Waals surface area contributed by atoms with Gasteiger partial charge in [-0.05, 0) is 128 Å². The molecule has 5 nitrogen and oxygen atoms in total. The number of hydrogen-bond donors (Lipinski definition) is 0. The molecule has 5 heteroatoms. The highest BCUT2D eigenvalue weighted by Gasteiger charge is 2.17. The van der Waals surface area contributed by atoms with Crippen LogP contribution in [0.2, 0.25) is 0 Å². The lowest BCUT2D eigenvalue weighted by molar-refractivity contribution is -0.163. The molecule has 0 amide bonds. The summed E-state index contributed by atoms with van der Waals surface area (Å²) in [5.41, 5.74) is 0. The summed E-state index contributed by atoms with van der Waals surface area (Å²) in [5, 5.41) is 0. The zero-order chi connectivity index (χ0) is 52.0. The van der Waals surface area contributed by atoms with Gasteiger partial charge in [-0.25, -0.2) is 0 Å². The molecule has 0 fully saturated rings. The molecular weight excluding hydrogens is 885 g/mol. The summed E-state index contributed by atoms with van der Waals surface area (Å²) < 4.78 is 17.5. The summed E-state index contributed by atoms with van der Waals surface area (Å²) in [6, 6.07) is 0. The van der Waals surface area contributed by atoms with Gasteiger partial charge in [0.15, 0.2) is 6.10 Å². The number of unbranched alkanes of at least 4 members (excludes halogenated alkanes) is 26. The minimum absolute atomic E-state index is 0.0563. The maximum absolute atomic E-state index is 12.9. The van der Waals surface area contributed by atoms with Gasteiger partial charge < -0.3 is 14.2 Å². The molecule has 1 atom stereocenters. The van der Waals surface area contributed by atoms with Gasteiger partial charge in [0.05, 0.1) is 6.61 Å². The standard InChI is InChI=1S/C67H114O5/c1-4-7-10-13-16-19-22-25-28-31-34-36-39-42-45-48-51-54-57-60-66(68)71-64-65(63-70-62-59-56-53-50-47-44-41-38-33-30-27-24-21-18-15-12-9-6-3)72-67(69)61-58-55-52-49-46-43-40-37-35-32-29-26-23-20-17-14-11-8-5-2/h7,10,16-17,19-20,25-30,34-37,42,45,65H,4-6,8-9,11-15,18,21-24,31-33,38-41,43-44,46-64H2,1-3H3/b10-7-,19-16-,20-17-,28-25-,29-26-,30-27-,36-34-,37-35-,45-42-. The van der Waals surface area contributed by atoms with Crippen molar-refractivity contribution >= 4 is 11.9 Å². The molecule has 412 valence electrons. The van der Waals surface area contributed by atoms with Gasteiger partial charge in [-0.1, -0.05) is 246 Å². The average molecular weight is 1000 g/mol.